The third kappa shape index (κ3) is 2.15. The van der Waals surface area contributed by atoms with Crippen LogP contribution in [0.1, 0.15) is 16.2 Å². The zero-order chi connectivity index (χ0) is 14.9. The minimum absolute atomic E-state index is 0.262. The number of carbonyl (C=O) groups is 1. The number of hydrogen-bond acceptors (Lipinski definition) is 6. The number of nitriles is 1. The lowest BCUT2D eigenvalue weighted by Crippen LogP contribution is -2.07. The van der Waals surface area contributed by atoms with E-state index in [1.165, 1.54) is 0 Å². The fourth-order valence-electron chi connectivity index (χ4n) is 1.48. The molecular formula is C10H4FN5O4. The predicted octanol–water partition coefficient (Wildman–Crippen LogP) is 0.884. The number of nitro benzene ring substituents is 1. The number of hydrogen-bond donors (Lipinski definition) is 1. The Kier molecular flexibility index (Phi) is 3.10. The van der Waals surface area contributed by atoms with Crippen molar-refractivity contribution in [1.29, 1.82) is 5.26 Å². The van der Waals surface area contributed by atoms with Gasteiger partial charge in [-0.2, -0.15) is 5.26 Å². The summed E-state index contributed by atoms with van der Waals surface area (Å²) in [6.45, 7) is 0. The molecule has 0 amide bonds. The molecule has 20 heavy (non-hydrogen) atoms. The molecule has 1 aromatic carbocycles. The second-order valence-electron chi connectivity index (χ2n) is 3.51. The monoisotopic (exact) mass is 277 g/mol. The van der Waals surface area contributed by atoms with E-state index in [-0.39, 0.29) is 11.5 Å². The van der Waals surface area contributed by atoms with Gasteiger partial charge in [0.1, 0.15) is 29.5 Å². The number of nitrogens with zero attached hydrogens (tertiary/aromatic N) is 5. The van der Waals surface area contributed by atoms with Crippen molar-refractivity contribution in [2.45, 2.75) is 0 Å². The van der Waals surface area contributed by atoms with Gasteiger partial charge in [-0.05, 0) is 0 Å². The zero-order valence-electron chi connectivity index (χ0n) is 9.52. The molecule has 0 aliphatic rings. The Labute approximate surface area is 109 Å². The van der Waals surface area contributed by atoms with Crippen LogP contribution >= 0.6 is 0 Å². The van der Waals surface area contributed by atoms with Crippen LogP contribution in [-0.4, -0.2) is 30.8 Å². The third-order valence-corrected chi connectivity index (χ3v) is 2.33. The standard InChI is InChI=1S/C10H4FN5O4/c11-6-2-7(15-4-13-9(3-12)14-15)8(16(19)20)1-5(6)10(17)18/h1-2,4H,(H,17,18). The van der Waals surface area contributed by atoms with E-state index in [0.29, 0.717) is 12.1 Å². The second kappa shape index (κ2) is 4.73. The Morgan fingerprint density at radius 2 is 2.25 bits per heavy atom. The van der Waals surface area contributed by atoms with Crippen molar-refractivity contribution < 1.29 is 19.2 Å². The number of halogens is 1. The minimum atomic E-state index is -1.63. The van der Waals surface area contributed by atoms with E-state index in [9.17, 15) is 19.3 Å². The highest BCUT2D eigenvalue weighted by Crippen LogP contribution is 2.26. The van der Waals surface area contributed by atoms with Crippen molar-refractivity contribution in [3.05, 3.63) is 45.8 Å². The summed E-state index contributed by atoms with van der Waals surface area (Å²) in [6, 6.07) is 2.84. The molecule has 2 aromatic rings. The topological polar surface area (TPSA) is 135 Å². The van der Waals surface area contributed by atoms with Gasteiger partial charge in [0, 0.05) is 12.1 Å². The Bertz CT molecular complexity index is 763. The molecule has 0 unspecified atom stereocenters. The maximum atomic E-state index is 13.6. The van der Waals surface area contributed by atoms with Crippen LogP contribution in [0.2, 0.25) is 0 Å². The lowest BCUT2D eigenvalue weighted by atomic mass is 10.1. The average Bonchev–Trinajstić information content (AvgIpc) is 2.86. The molecule has 0 spiro atoms. The van der Waals surface area contributed by atoms with Crippen molar-refractivity contribution >= 4 is 11.7 Å². The number of rotatable bonds is 3. The lowest BCUT2D eigenvalue weighted by Gasteiger charge is -2.04. The van der Waals surface area contributed by atoms with Crippen molar-refractivity contribution in [2.24, 2.45) is 0 Å². The highest BCUT2D eigenvalue weighted by atomic mass is 19.1. The quantitative estimate of drug-likeness (QED) is 0.649. The molecule has 0 saturated carbocycles. The SMILES string of the molecule is N#Cc1ncn(-c2cc(F)c(C(=O)O)cc2[N+](=O)[O-])n1. The summed E-state index contributed by atoms with van der Waals surface area (Å²) in [5.74, 6) is -3.05. The summed E-state index contributed by atoms with van der Waals surface area (Å²) in [7, 11) is 0. The van der Waals surface area contributed by atoms with Crippen molar-refractivity contribution in [3.8, 4) is 11.8 Å². The van der Waals surface area contributed by atoms with E-state index in [2.05, 4.69) is 10.1 Å². The molecule has 10 heteroatoms. The van der Waals surface area contributed by atoms with Crippen LogP contribution in [-0.2, 0) is 0 Å². The minimum Gasteiger partial charge on any atom is -0.478 e. The Hall–Kier alpha value is -3.35. The van der Waals surface area contributed by atoms with Gasteiger partial charge in [0.2, 0.25) is 0 Å². The maximum absolute atomic E-state index is 13.6. The van der Waals surface area contributed by atoms with Gasteiger partial charge in [-0.15, -0.1) is 5.10 Å². The van der Waals surface area contributed by atoms with Gasteiger partial charge in [0.05, 0.1) is 4.92 Å². The number of carboxylic acids is 1. The first-order valence-electron chi connectivity index (χ1n) is 4.97. The summed E-state index contributed by atoms with van der Waals surface area (Å²) in [6.07, 6.45) is 0.987. The van der Waals surface area contributed by atoms with Crippen LogP contribution in [0.5, 0.6) is 0 Å². The van der Waals surface area contributed by atoms with Gasteiger partial charge < -0.3 is 5.11 Å². The first-order valence-corrected chi connectivity index (χ1v) is 4.97. The van der Waals surface area contributed by atoms with E-state index < -0.39 is 28.0 Å². The molecule has 0 aliphatic carbocycles. The van der Waals surface area contributed by atoms with E-state index >= 15 is 0 Å². The average molecular weight is 277 g/mol. The smallest absolute Gasteiger partial charge is 0.338 e. The molecule has 1 aromatic heterocycles. The molecule has 100 valence electrons. The van der Waals surface area contributed by atoms with Crippen molar-refractivity contribution in [2.75, 3.05) is 0 Å². The molecule has 0 radical (unpaired) electrons. The molecule has 0 fully saturated rings. The fraction of sp³-hybridized carbons (Fsp3) is 0. The molecule has 0 saturated heterocycles. The summed E-state index contributed by atoms with van der Waals surface area (Å²) >= 11 is 0. The van der Waals surface area contributed by atoms with Crippen LogP contribution in [0.3, 0.4) is 0 Å². The van der Waals surface area contributed by atoms with Gasteiger partial charge in [-0.1, -0.05) is 0 Å². The van der Waals surface area contributed by atoms with Crippen molar-refractivity contribution in [3.63, 3.8) is 0 Å². The Balaban J connectivity index is 2.69. The molecule has 0 bridgehead atoms. The second-order valence-corrected chi connectivity index (χ2v) is 3.51. The van der Waals surface area contributed by atoms with E-state index in [1.54, 1.807) is 6.07 Å². The lowest BCUT2D eigenvalue weighted by molar-refractivity contribution is -0.384. The summed E-state index contributed by atoms with van der Waals surface area (Å²) in [5.41, 5.74) is -1.83. The summed E-state index contributed by atoms with van der Waals surface area (Å²) in [5, 5.41) is 31.8. The number of benzene rings is 1. The highest BCUT2D eigenvalue weighted by Gasteiger charge is 2.23. The van der Waals surface area contributed by atoms with Gasteiger partial charge in [-0.25, -0.2) is 18.9 Å². The van der Waals surface area contributed by atoms with Gasteiger partial charge in [-0.3, -0.25) is 10.1 Å². The Morgan fingerprint density at radius 1 is 1.55 bits per heavy atom. The molecule has 0 atom stereocenters. The largest absolute Gasteiger partial charge is 0.478 e. The normalized spacial score (nSPS) is 10.0. The van der Waals surface area contributed by atoms with Crippen molar-refractivity contribution in [1.82, 2.24) is 14.8 Å². The van der Waals surface area contributed by atoms with Gasteiger partial charge in [0.25, 0.3) is 11.5 Å². The van der Waals surface area contributed by atoms with Crippen LogP contribution in [0.15, 0.2) is 18.5 Å². The number of aromatic nitrogens is 3. The zero-order valence-corrected chi connectivity index (χ0v) is 9.52. The van der Waals surface area contributed by atoms with Crippen LogP contribution in [0.4, 0.5) is 10.1 Å². The molecular weight excluding hydrogens is 273 g/mol. The number of carboxylic acid groups (broad SMARTS) is 1. The van der Waals surface area contributed by atoms with Crippen LogP contribution < -0.4 is 0 Å². The molecule has 2 rings (SSSR count). The Morgan fingerprint density at radius 3 is 2.75 bits per heavy atom. The summed E-state index contributed by atoms with van der Waals surface area (Å²) in [4.78, 5) is 24.3. The van der Waals surface area contributed by atoms with Gasteiger partial charge >= 0.3 is 5.97 Å². The van der Waals surface area contributed by atoms with Crippen LogP contribution in [0, 0.1) is 27.3 Å². The summed E-state index contributed by atoms with van der Waals surface area (Å²) < 4.78 is 14.4. The first kappa shape index (κ1) is 13.1. The van der Waals surface area contributed by atoms with E-state index in [1.807, 2.05) is 0 Å². The van der Waals surface area contributed by atoms with Gasteiger partial charge in [0.15, 0.2) is 0 Å². The van der Waals surface area contributed by atoms with Crippen LogP contribution in [0.25, 0.3) is 5.69 Å². The molecule has 1 heterocycles. The molecule has 1 N–H and O–H groups in total. The maximum Gasteiger partial charge on any atom is 0.338 e. The number of nitro groups is 1. The van der Waals surface area contributed by atoms with E-state index in [4.69, 9.17) is 10.4 Å². The fourth-order valence-corrected chi connectivity index (χ4v) is 1.48. The number of aromatic carboxylic acids is 1. The molecule has 9 nitrogen and oxygen atoms in total. The first-order chi connectivity index (χ1) is 9.43. The third-order valence-electron chi connectivity index (χ3n) is 2.33. The highest BCUT2D eigenvalue weighted by molar-refractivity contribution is 5.89. The van der Waals surface area contributed by atoms with E-state index in [0.717, 1.165) is 11.0 Å². The molecule has 0 aliphatic heterocycles. The predicted molar refractivity (Wildman–Crippen MR) is 59.6 cm³/mol.